The zero-order chi connectivity index (χ0) is 26.5. The molecular weight excluding hydrogens is 458 g/mol. The van der Waals surface area contributed by atoms with Gasteiger partial charge in [-0.3, -0.25) is 14.4 Å². The smallest absolute Gasteiger partial charge is 0.328 e. The molecule has 13 nitrogen and oxygen atoms in total. The Morgan fingerprint density at radius 2 is 1.66 bits per heavy atom. The second kappa shape index (κ2) is 15.1. The molecular formula is C22H39N7O6. The lowest BCUT2D eigenvalue weighted by Crippen LogP contribution is -2.58. The second-order valence-corrected chi connectivity index (χ2v) is 8.99. The Hall–Kier alpha value is -3.03. The maximum Gasteiger partial charge on any atom is 0.328 e. The van der Waals surface area contributed by atoms with Crippen LogP contribution in [0, 0.1) is 5.92 Å². The first-order chi connectivity index (χ1) is 16.5. The van der Waals surface area contributed by atoms with E-state index >= 15 is 0 Å². The summed E-state index contributed by atoms with van der Waals surface area (Å²) in [5.74, 6) is -3.26. The maximum absolute atomic E-state index is 13.1. The molecule has 198 valence electrons. The molecule has 5 unspecified atom stereocenters. The lowest BCUT2D eigenvalue weighted by Gasteiger charge is -2.26. The third-order valence-corrected chi connectivity index (χ3v) is 5.30. The fourth-order valence-electron chi connectivity index (χ4n) is 3.38. The van der Waals surface area contributed by atoms with Crippen molar-refractivity contribution in [3.63, 3.8) is 0 Å². The molecule has 1 aromatic heterocycles. The molecule has 0 aromatic carbocycles. The zero-order valence-electron chi connectivity index (χ0n) is 20.5. The Balaban J connectivity index is 2.94. The number of rotatable bonds is 16. The number of carboxylic acid groups (broad SMARTS) is 1. The number of nitrogens with two attached hydrogens (primary N) is 2. The normalized spacial score (nSPS) is 15.5. The van der Waals surface area contributed by atoms with E-state index in [1.54, 1.807) is 6.20 Å². The number of unbranched alkanes of at least 4 members (excludes halogenated alkanes) is 1. The molecule has 0 aliphatic carbocycles. The van der Waals surface area contributed by atoms with Crippen molar-refractivity contribution < 1.29 is 29.4 Å². The number of carbonyl (C=O) groups is 4. The summed E-state index contributed by atoms with van der Waals surface area (Å²) < 4.78 is 0. The summed E-state index contributed by atoms with van der Waals surface area (Å²) in [5.41, 5.74) is 12.2. The van der Waals surface area contributed by atoms with Gasteiger partial charge in [-0.15, -0.1) is 0 Å². The number of hydrogen-bond donors (Lipinski definition) is 8. The van der Waals surface area contributed by atoms with Crippen molar-refractivity contribution in [2.75, 3.05) is 6.54 Å². The van der Waals surface area contributed by atoms with E-state index in [4.69, 9.17) is 11.5 Å². The van der Waals surface area contributed by atoms with E-state index in [1.807, 2.05) is 13.8 Å². The second-order valence-electron chi connectivity index (χ2n) is 8.99. The highest BCUT2D eigenvalue weighted by Crippen LogP contribution is 2.09. The van der Waals surface area contributed by atoms with Crippen LogP contribution in [0.15, 0.2) is 12.5 Å². The maximum atomic E-state index is 13.1. The number of imidazole rings is 1. The van der Waals surface area contributed by atoms with Crippen LogP contribution in [-0.2, 0) is 25.6 Å². The van der Waals surface area contributed by atoms with Gasteiger partial charge in [-0.25, -0.2) is 9.78 Å². The molecule has 1 aromatic rings. The molecule has 1 rings (SSSR count). The van der Waals surface area contributed by atoms with E-state index in [1.165, 1.54) is 13.3 Å². The van der Waals surface area contributed by atoms with Gasteiger partial charge in [0.15, 0.2) is 6.04 Å². The number of nitrogens with zero attached hydrogens (tertiary/aromatic N) is 1. The number of carboxylic acids is 1. The van der Waals surface area contributed by atoms with Gasteiger partial charge in [0.05, 0.1) is 18.5 Å². The molecule has 35 heavy (non-hydrogen) atoms. The Kier molecular flexibility index (Phi) is 12.9. The fraction of sp³-hybridized carbons (Fsp3) is 0.682. The van der Waals surface area contributed by atoms with Gasteiger partial charge < -0.3 is 42.6 Å². The number of aliphatic hydroxyl groups excluding tert-OH is 1. The summed E-state index contributed by atoms with van der Waals surface area (Å²) in [6.45, 7) is 5.38. The third kappa shape index (κ3) is 10.8. The molecule has 0 radical (unpaired) electrons. The third-order valence-electron chi connectivity index (χ3n) is 5.30. The number of aromatic amines is 1. The van der Waals surface area contributed by atoms with E-state index in [2.05, 4.69) is 25.9 Å². The molecule has 0 aliphatic heterocycles. The van der Waals surface area contributed by atoms with Crippen molar-refractivity contribution >= 4 is 23.7 Å². The van der Waals surface area contributed by atoms with E-state index < -0.39 is 54.0 Å². The summed E-state index contributed by atoms with van der Waals surface area (Å²) in [6, 6.07) is -4.51. The Labute approximate surface area is 204 Å². The monoisotopic (exact) mass is 497 g/mol. The van der Waals surface area contributed by atoms with Crippen LogP contribution in [0.5, 0.6) is 0 Å². The highest BCUT2D eigenvalue weighted by Gasteiger charge is 2.32. The van der Waals surface area contributed by atoms with Crippen LogP contribution in [0.1, 0.15) is 52.1 Å². The van der Waals surface area contributed by atoms with Crippen LogP contribution >= 0.6 is 0 Å². The number of aromatic nitrogens is 2. The highest BCUT2D eigenvalue weighted by atomic mass is 16.4. The largest absolute Gasteiger partial charge is 0.480 e. The van der Waals surface area contributed by atoms with Gasteiger partial charge >= 0.3 is 5.97 Å². The van der Waals surface area contributed by atoms with Crippen LogP contribution < -0.4 is 27.4 Å². The molecule has 10 N–H and O–H groups in total. The number of hydrogen-bond acceptors (Lipinski definition) is 8. The Morgan fingerprint density at radius 3 is 2.17 bits per heavy atom. The van der Waals surface area contributed by atoms with Gasteiger partial charge in [-0.1, -0.05) is 13.8 Å². The van der Waals surface area contributed by atoms with Crippen molar-refractivity contribution in [2.24, 2.45) is 17.4 Å². The molecule has 0 saturated carbocycles. The van der Waals surface area contributed by atoms with Crippen LogP contribution in [0.2, 0.25) is 0 Å². The number of carbonyl (C=O) groups excluding carboxylic acids is 3. The Bertz CT molecular complexity index is 815. The molecule has 13 heteroatoms. The summed E-state index contributed by atoms with van der Waals surface area (Å²) in [6.07, 6.45) is 3.44. The first-order valence-electron chi connectivity index (χ1n) is 11.7. The van der Waals surface area contributed by atoms with Gasteiger partial charge in [0.1, 0.15) is 12.1 Å². The standard InChI is InChI=1S/C22H39N7O6/c1-12(2)8-17(28-19(31)15(24)9-14-10-25-11-26-14)21(33)27-16(6-4-5-7-23)20(32)29-18(13(3)30)22(34)35/h10-13,15-18,30H,4-9,23-24H2,1-3H3,(H,25,26)(H,27,33)(H,28,31)(H,29,32)(H,34,35). The quantitative estimate of drug-likeness (QED) is 0.123. The van der Waals surface area contributed by atoms with E-state index in [0.717, 1.165) is 0 Å². The molecule has 5 atom stereocenters. The molecule has 0 aliphatic rings. The summed E-state index contributed by atoms with van der Waals surface area (Å²) >= 11 is 0. The summed E-state index contributed by atoms with van der Waals surface area (Å²) in [5, 5.41) is 26.5. The van der Waals surface area contributed by atoms with E-state index in [0.29, 0.717) is 25.1 Å². The zero-order valence-corrected chi connectivity index (χ0v) is 20.5. The highest BCUT2D eigenvalue weighted by molar-refractivity contribution is 5.94. The first kappa shape index (κ1) is 30.0. The van der Waals surface area contributed by atoms with Crippen molar-refractivity contribution in [3.8, 4) is 0 Å². The lowest BCUT2D eigenvalue weighted by atomic mass is 10.0. The van der Waals surface area contributed by atoms with Gasteiger partial charge in [-0.2, -0.15) is 0 Å². The van der Waals surface area contributed by atoms with Crippen molar-refractivity contribution in [3.05, 3.63) is 18.2 Å². The predicted octanol–water partition coefficient (Wildman–Crippen LogP) is -1.63. The minimum Gasteiger partial charge on any atom is -0.480 e. The van der Waals surface area contributed by atoms with Gasteiger partial charge in [0.2, 0.25) is 17.7 Å². The van der Waals surface area contributed by atoms with Crippen molar-refractivity contribution in [1.29, 1.82) is 0 Å². The van der Waals surface area contributed by atoms with Crippen molar-refractivity contribution in [1.82, 2.24) is 25.9 Å². The average Bonchev–Trinajstić information content (AvgIpc) is 3.28. The number of amides is 3. The fourth-order valence-corrected chi connectivity index (χ4v) is 3.38. The minimum atomic E-state index is -1.54. The topological polar surface area (TPSA) is 226 Å². The molecule has 3 amide bonds. The molecule has 0 bridgehead atoms. The number of aliphatic carboxylic acids is 1. The van der Waals surface area contributed by atoms with Crippen molar-refractivity contribution in [2.45, 2.75) is 83.1 Å². The molecule has 0 fully saturated rings. The number of H-pyrrole nitrogens is 1. The van der Waals surface area contributed by atoms with Gasteiger partial charge in [0.25, 0.3) is 0 Å². The van der Waals surface area contributed by atoms with E-state index in [9.17, 15) is 29.4 Å². The number of aliphatic hydroxyl groups is 1. The molecule has 0 saturated heterocycles. The predicted molar refractivity (Wildman–Crippen MR) is 128 cm³/mol. The molecule has 1 heterocycles. The van der Waals surface area contributed by atoms with E-state index in [-0.39, 0.29) is 25.2 Å². The summed E-state index contributed by atoms with van der Waals surface area (Å²) in [4.78, 5) is 56.7. The van der Waals surface area contributed by atoms with Crippen LogP contribution in [0.3, 0.4) is 0 Å². The van der Waals surface area contributed by atoms with Gasteiger partial charge in [0, 0.05) is 18.3 Å². The number of nitrogens with one attached hydrogen (secondary N) is 4. The van der Waals surface area contributed by atoms with Crippen LogP contribution in [0.4, 0.5) is 0 Å². The first-order valence-corrected chi connectivity index (χ1v) is 11.7. The van der Waals surface area contributed by atoms with Gasteiger partial charge in [-0.05, 0) is 45.1 Å². The summed E-state index contributed by atoms with van der Waals surface area (Å²) in [7, 11) is 0. The SMILES string of the molecule is CC(C)CC(NC(=O)C(N)Cc1cnc[nH]1)C(=O)NC(CCCCN)C(=O)NC(C(=O)O)C(C)O. The minimum absolute atomic E-state index is 0.0334. The lowest BCUT2D eigenvalue weighted by molar-refractivity contribution is -0.145. The Morgan fingerprint density at radius 1 is 1.03 bits per heavy atom. The van der Waals surface area contributed by atoms with Crippen LogP contribution in [-0.4, -0.2) is 80.7 Å². The van der Waals surface area contributed by atoms with Crippen LogP contribution in [0.25, 0.3) is 0 Å². The molecule has 0 spiro atoms. The average molecular weight is 498 g/mol.